The van der Waals surface area contributed by atoms with Crippen molar-refractivity contribution in [3.8, 4) is 0 Å². The summed E-state index contributed by atoms with van der Waals surface area (Å²) >= 11 is 0. The molecule has 0 aliphatic carbocycles. The summed E-state index contributed by atoms with van der Waals surface area (Å²) < 4.78 is 1.84. The molecule has 0 radical (unpaired) electrons. The standard InChI is InChI=1S/C10H7N3/c1-2-4-9-8(3-1)6-13-10(9)5-11-7-12-13/h1-7H. The molecule has 3 nitrogen and oxygen atoms in total. The van der Waals surface area contributed by atoms with Crippen LogP contribution in [-0.4, -0.2) is 14.6 Å². The quantitative estimate of drug-likeness (QED) is 0.514. The van der Waals surface area contributed by atoms with Gasteiger partial charge in [-0.3, -0.25) is 0 Å². The van der Waals surface area contributed by atoms with Crippen LogP contribution in [0.2, 0.25) is 0 Å². The number of benzene rings is 1. The molecule has 0 atom stereocenters. The maximum atomic E-state index is 4.12. The Morgan fingerprint density at radius 1 is 1.15 bits per heavy atom. The van der Waals surface area contributed by atoms with Crippen LogP contribution in [0.5, 0.6) is 0 Å². The minimum Gasteiger partial charge on any atom is -0.241 e. The van der Waals surface area contributed by atoms with E-state index in [0.29, 0.717) is 0 Å². The van der Waals surface area contributed by atoms with Crippen LogP contribution in [0.25, 0.3) is 16.3 Å². The van der Waals surface area contributed by atoms with Crippen molar-refractivity contribution in [1.29, 1.82) is 0 Å². The molecule has 0 saturated carbocycles. The maximum Gasteiger partial charge on any atom is 0.136 e. The molecule has 2 aromatic heterocycles. The fourth-order valence-electron chi connectivity index (χ4n) is 1.58. The van der Waals surface area contributed by atoms with Gasteiger partial charge in [-0.15, -0.1) is 0 Å². The van der Waals surface area contributed by atoms with E-state index in [1.807, 2.05) is 29.0 Å². The number of hydrogen-bond donors (Lipinski definition) is 0. The lowest BCUT2D eigenvalue weighted by Crippen LogP contribution is -1.87. The molecule has 3 rings (SSSR count). The Kier molecular flexibility index (Phi) is 1.16. The van der Waals surface area contributed by atoms with Gasteiger partial charge in [0.25, 0.3) is 0 Å². The largest absolute Gasteiger partial charge is 0.241 e. The third kappa shape index (κ3) is 0.839. The molecule has 0 saturated heterocycles. The highest BCUT2D eigenvalue weighted by Crippen LogP contribution is 2.19. The fourth-order valence-corrected chi connectivity index (χ4v) is 1.58. The zero-order valence-electron chi connectivity index (χ0n) is 6.88. The maximum absolute atomic E-state index is 4.12. The average molecular weight is 169 g/mol. The van der Waals surface area contributed by atoms with Gasteiger partial charge in [0, 0.05) is 17.0 Å². The number of fused-ring (bicyclic) bond motifs is 3. The van der Waals surface area contributed by atoms with Crippen molar-refractivity contribution in [3.63, 3.8) is 0 Å². The minimum atomic E-state index is 1.05. The molecule has 3 heteroatoms. The second-order valence-electron chi connectivity index (χ2n) is 2.96. The second kappa shape index (κ2) is 2.29. The van der Waals surface area contributed by atoms with Gasteiger partial charge in [0.05, 0.1) is 11.7 Å². The monoisotopic (exact) mass is 169 g/mol. The molecule has 0 N–H and O–H groups in total. The molecule has 0 bridgehead atoms. The molecule has 0 amide bonds. The normalized spacial score (nSPS) is 11.1. The lowest BCUT2D eigenvalue weighted by atomic mass is 10.2. The van der Waals surface area contributed by atoms with Crippen molar-refractivity contribution in [2.45, 2.75) is 0 Å². The molecule has 62 valence electrons. The highest BCUT2D eigenvalue weighted by Gasteiger charge is 2.00. The highest BCUT2D eigenvalue weighted by molar-refractivity contribution is 5.96. The Balaban J connectivity index is 2.64. The van der Waals surface area contributed by atoms with Gasteiger partial charge in [0.15, 0.2) is 0 Å². The Morgan fingerprint density at radius 2 is 2.08 bits per heavy atom. The van der Waals surface area contributed by atoms with Crippen LogP contribution >= 0.6 is 0 Å². The van der Waals surface area contributed by atoms with Gasteiger partial charge in [0.2, 0.25) is 0 Å². The molecule has 2 heterocycles. The van der Waals surface area contributed by atoms with Crippen molar-refractivity contribution < 1.29 is 0 Å². The summed E-state index contributed by atoms with van der Waals surface area (Å²) in [4.78, 5) is 4.00. The van der Waals surface area contributed by atoms with Gasteiger partial charge >= 0.3 is 0 Å². The highest BCUT2D eigenvalue weighted by atomic mass is 15.2. The van der Waals surface area contributed by atoms with Gasteiger partial charge in [-0.1, -0.05) is 24.3 Å². The van der Waals surface area contributed by atoms with E-state index in [9.17, 15) is 0 Å². The molecule has 0 spiro atoms. The molecule has 13 heavy (non-hydrogen) atoms. The summed E-state index contributed by atoms with van der Waals surface area (Å²) in [5.74, 6) is 0. The summed E-state index contributed by atoms with van der Waals surface area (Å²) in [6.45, 7) is 0. The lowest BCUT2D eigenvalue weighted by molar-refractivity contribution is 0.906. The first-order valence-corrected chi connectivity index (χ1v) is 4.11. The molecular formula is C10H7N3. The second-order valence-corrected chi connectivity index (χ2v) is 2.96. The van der Waals surface area contributed by atoms with E-state index >= 15 is 0 Å². The fraction of sp³-hybridized carbons (Fsp3) is 0. The summed E-state index contributed by atoms with van der Waals surface area (Å²) in [5.41, 5.74) is 1.05. The van der Waals surface area contributed by atoms with E-state index in [1.54, 1.807) is 6.33 Å². The van der Waals surface area contributed by atoms with Gasteiger partial charge in [-0.25, -0.2) is 9.50 Å². The van der Waals surface area contributed by atoms with Gasteiger partial charge in [-0.2, -0.15) is 5.10 Å². The first kappa shape index (κ1) is 6.60. The molecular weight excluding hydrogens is 162 g/mol. The van der Waals surface area contributed by atoms with Crippen molar-refractivity contribution in [2.24, 2.45) is 0 Å². The predicted octanol–water partition coefficient (Wildman–Crippen LogP) is 1.88. The Bertz CT molecular complexity index is 518. The van der Waals surface area contributed by atoms with Crippen molar-refractivity contribution in [2.75, 3.05) is 0 Å². The summed E-state index contributed by atoms with van der Waals surface area (Å²) in [6.07, 6.45) is 5.38. The Labute approximate surface area is 74.6 Å². The third-order valence-corrected chi connectivity index (χ3v) is 2.18. The number of hydrogen-bond acceptors (Lipinski definition) is 2. The average Bonchev–Trinajstić information content (AvgIpc) is 2.56. The lowest BCUT2D eigenvalue weighted by Gasteiger charge is -1.89. The van der Waals surface area contributed by atoms with Crippen LogP contribution in [0.15, 0.2) is 43.0 Å². The topological polar surface area (TPSA) is 30.2 Å². The van der Waals surface area contributed by atoms with Gasteiger partial charge in [0.1, 0.15) is 6.33 Å². The molecule has 1 aromatic carbocycles. The van der Waals surface area contributed by atoms with E-state index in [0.717, 1.165) is 5.52 Å². The van der Waals surface area contributed by atoms with Gasteiger partial charge < -0.3 is 0 Å². The zero-order valence-corrected chi connectivity index (χ0v) is 6.88. The molecule has 0 aliphatic heterocycles. The van der Waals surface area contributed by atoms with E-state index in [1.165, 1.54) is 10.8 Å². The van der Waals surface area contributed by atoms with Crippen LogP contribution in [0.3, 0.4) is 0 Å². The predicted molar refractivity (Wildman–Crippen MR) is 50.5 cm³/mol. The van der Waals surface area contributed by atoms with Crippen LogP contribution in [0.1, 0.15) is 0 Å². The smallest absolute Gasteiger partial charge is 0.136 e. The summed E-state index contributed by atoms with van der Waals surface area (Å²) in [7, 11) is 0. The van der Waals surface area contributed by atoms with Crippen molar-refractivity contribution in [1.82, 2.24) is 14.6 Å². The number of nitrogens with zero attached hydrogens (tertiary/aromatic N) is 3. The molecule has 3 aromatic rings. The van der Waals surface area contributed by atoms with Crippen LogP contribution in [0, 0.1) is 0 Å². The van der Waals surface area contributed by atoms with Gasteiger partial charge in [-0.05, 0) is 0 Å². The van der Waals surface area contributed by atoms with Crippen LogP contribution in [0.4, 0.5) is 0 Å². The SMILES string of the molecule is c1ccc2c(c1)cn1ncncc21. The number of rotatable bonds is 0. The van der Waals surface area contributed by atoms with Crippen molar-refractivity contribution in [3.05, 3.63) is 43.0 Å². The molecule has 0 fully saturated rings. The first-order valence-electron chi connectivity index (χ1n) is 4.11. The minimum absolute atomic E-state index is 1.05. The van der Waals surface area contributed by atoms with E-state index in [-0.39, 0.29) is 0 Å². The number of aromatic nitrogens is 3. The summed E-state index contributed by atoms with van der Waals surface area (Å²) in [5, 5.41) is 6.52. The van der Waals surface area contributed by atoms with Crippen molar-refractivity contribution >= 4 is 16.3 Å². The van der Waals surface area contributed by atoms with Crippen LogP contribution < -0.4 is 0 Å². The molecule has 0 aliphatic rings. The van der Waals surface area contributed by atoms with E-state index in [2.05, 4.69) is 22.2 Å². The van der Waals surface area contributed by atoms with E-state index in [4.69, 9.17) is 0 Å². The van der Waals surface area contributed by atoms with Crippen LogP contribution in [-0.2, 0) is 0 Å². The first-order chi connectivity index (χ1) is 6.45. The third-order valence-electron chi connectivity index (χ3n) is 2.18. The molecule has 0 unspecified atom stereocenters. The zero-order chi connectivity index (χ0) is 8.67. The van der Waals surface area contributed by atoms with E-state index < -0.39 is 0 Å². The Hall–Kier alpha value is -1.90. The Morgan fingerprint density at radius 3 is 3.08 bits per heavy atom. The summed E-state index contributed by atoms with van der Waals surface area (Å²) in [6, 6.07) is 8.20.